The average molecular weight is 283 g/mol. The van der Waals surface area contributed by atoms with Gasteiger partial charge in [0.1, 0.15) is 17.1 Å². The Balaban J connectivity index is 2.64. The van der Waals surface area contributed by atoms with E-state index < -0.39 is 11.5 Å². The third-order valence-electron chi connectivity index (χ3n) is 2.93. The fourth-order valence-corrected chi connectivity index (χ4v) is 1.90. The summed E-state index contributed by atoms with van der Waals surface area (Å²) in [5.41, 5.74) is 5.36. The minimum absolute atomic E-state index is 0.279. The lowest BCUT2D eigenvalue weighted by atomic mass is 9.96. The van der Waals surface area contributed by atoms with Gasteiger partial charge in [-0.2, -0.15) is 0 Å². The minimum Gasteiger partial charge on any atom is -0.491 e. The van der Waals surface area contributed by atoms with Crippen molar-refractivity contribution in [2.75, 3.05) is 6.61 Å². The van der Waals surface area contributed by atoms with Gasteiger partial charge >= 0.3 is 5.97 Å². The molecule has 0 fully saturated rings. The van der Waals surface area contributed by atoms with E-state index in [-0.39, 0.29) is 24.9 Å². The first kappa shape index (κ1) is 16.4. The summed E-state index contributed by atoms with van der Waals surface area (Å²) in [5.74, 6) is -0.374. The van der Waals surface area contributed by atoms with Gasteiger partial charge in [-0.05, 0) is 39.3 Å². The van der Waals surface area contributed by atoms with Crippen molar-refractivity contribution in [3.63, 3.8) is 0 Å². The number of carbonyl (C=O) groups is 1. The molecule has 0 aromatic heterocycles. The van der Waals surface area contributed by atoms with Crippen LogP contribution in [0.3, 0.4) is 0 Å². The Morgan fingerprint density at radius 1 is 1.50 bits per heavy atom. The summed E-state index contributed by atoms with van der Waals surface area (Å²) in [5, 5.41) is 0. The molecule has 2 N–H and O–H groups in total. The van der Waals surface area contributed by atoms with Crippen molar-refractivity contribution in [3.8, 4) is 5.75 Å². The van der Waals surface area contributed by atoms with E-state index in [9.17, 15) is 9.18 Å². The molecule has 0 amide bonds. The second-order valence-corrected chi connectivity index (χ2v) is 5.18. The summed E-state index contributed by atoms with van der Waals surface area (Å²) in [6, 6.07) is 4.65. The van der Waals surface area contributed by atoms with Crippen LogP contribution in [-0.2, 0) is 9.53 Å². The number of aryl methyl sites for hydroxylation is 1. The molecule has 2 atom stereocenters. The van der Waals surface area contributed by atoms with Gasteiger partial charge in [0.05, 0.1) is 12.7 Å². The standard InChI is InChI=1S/C15H22FNO3/c1-5-19-14(18)15(4,17)9-11(3)20-12-7-6-10(2)13(16)8-12/h6-8,11H,5,9,17H2,1-4H3. The summed E-state index contributed by atoms with van der Waals surface area (Å²) in [6.07, 6.45) is -0.0575. The highest BCUT2D eigenvalue weighted by Crippen LogP contribution is 2.20. The second kappa shape index (κ2) is 6.70. The molecular formula is C15H22FNO3. The molecule has 1 aromatic rings. The zero-order valence-electron chi connectivity index (χ0n) is 12.4. The molecule has 0 aliphatic rings. The predicted molar refractivity (Wildman–Crippen MR) is 75.1 cm³/mol. The molecule has 5 heteroatoms. The third-order valence-corrected chi connectivity index (χ3v) is 2.93. The lowest BCUT2D eigenvalue weighted by molar-refractivity contribution is -0.149. The molecule has 2 unspecified atom stereocenters. The topological polar surface area (TPSA) is 61.5 Å². The van der Waals surface area contributed by atoms with Gasteiger partial charge in [-0.1, -0.05) is 6.07 Å². The fourth-order valence-electron chi connectivity index (χ4n) is 1.90. The molecule has 0 spiro atoms. The number of hydrogen-bond donors (Lipinski definition) is 1. The van der Waals surface area contributed by atoms with Crippen LogP contribution in [0.25, 0.3) is 0 Å². The largest absolute Gasteiger partial charge is 0.491 e. The van der Waals surface area contributed by atoms with E-state index in [1.807, 2.05) is 0 Å². The Morgan fingerprint density at radius 2 is 2.15 bits per heavy atom. The quantitative estimate of drug-likeness (QED) is 0.815. The number of carbonyl (C=O) groups excluding carboxylic acids is 1. The van der Waals surface area contributed by atoms with Crippen LogP contribution < -0.4 is 10.5 Å². The molecule has 0 aliphatic heterocycles. The van der Waals surface area contributed by atoms with Gasteiger partial charge in [0.25, 0.3) is 0 Å². The van der Waals surface area contributed by atoms with Gasteiger partial charge in [-0.3, -0.25) is 4.79 Å². The molecule has 20 heavy (non-hydrogen) atoms. The monoisotopic (exact) mass is 283 g/mol. The Hall–Kier alpha value is -1.62. The number of ether oxygens (including phenoxy) is 2. The summed E-state index contributed by atoms with van der Waals surface area (Å²) in [4.78, 5) is 11.7. The molecule has 112 valence electrons. The van der Waals surface area contributed by atoms with Crippen LogP contribution in [0.15, 0.2) is 18.2 Å². The van der Waals surface area contributed by atoms with Gasteiger partial charge < -0.3 is 15.2 Å². The minimum atomic E-state index is -1.13. The van der Waals surface area contributed by atoms with E-state index >= 15 is 0 Å². The van der Waals surface area contributed by atoms with Crippen LogP contribution in [-0.4, -0.2) is 24.2 Å². The third kappa shape index (κ3) is 4.49. The number of nitrogens with two attached hydrogens (primary N) is 1. The van der Waals surface area contributed by atoms with E-state index in [1.54, 1.807) is 39.8 Å². The second-order valence-electron chi connectivity index (χ2n) is 5.18. The van der Waals surface area contributed by atoms with Crippen molar-refractivity contribution in [2.45, 2.75) is 45.8 Å². The molecular weight excluding hydrogens is 261 g/mol. The van der Waals surface area contributed by atoms with Crippen LogP contribution in [0, 0.1) is 12.7 Å². The van der Waals surface area contributed by atoms with E-state index in [0.717, 1.165) is 0 Å². The zero-order chi connectivity index (χ0) is 15.3. The van der Waals surface area contributed by atoms with Gasteiger partial charge in [0.15, 0.2) is 0 Å². The highest BCUT2D eigenvalue weighted by atomic mass is 19.1. The lowest BCUT2D eigenvalue weighted by Crippen LogP contribution is -2.49. The molecule has 1 rings (SSSR count). The van der Waals surface area contributed by atoms with Crippen molar-refractivity contribution < 1.29 is 18.7 Å². The fraction of sp³-hybridized carbons (Fsp3) is 0.533. The number of hydrogen-bond acceptors (Lipinski definition) is 4. The van der Waals surface area contributed by atoms with Gasteiger partial charge in [0.2, 0.25) is 0 Å². The van der Waals surface area contributed by atoms with Crippen LogP contribution in [0.4, 0.5) is 4.39 Å². The summed E-state index contributed by atoms with van der Waals surface area (Å²) < 4.78 is 23.9. The van der Waals surface area contributed by atoms with Crippen molar-refractivity contribution in [1.29, 1.82) is 0 Å². The molecule has 0 bridgehead atoms. The summed E-state index contributed by atoms with van der Waals surface area (Å²) >= 11 is 0. The molecule has 0 aliphatic carbocycles. The first-order valence-corrected chi connectivity index (χ1v) is 6.65. The van der Waals surface area contributed by atoms with Crippen molar-refractivity contribution in [1.82, 2.24) is 0 Å². The molecule has 0 saturated heterocycles. The van der Waals surface area contributed by atoms with Crippen LogP contribution in [0.1, 0.15) is 32.8 Å². The smallest absolute Gasteiger partial charge is 0.325 e. The molecule has 0 radical (unpaired) electrons. The Kier molecular flexibility index (Phi) is 5.51. The van der Waals surface area contributed by atoms with Crippen LogP contribution in [0.2, 0.25) is 0 Å². The highest BCUT2D eigenvalue weighted by Gasteiger charge is 2.32. The highest BCUT2D eigenvalue weighted by molar-refractivity contribution is 5.80. The maximum absolute atomic E-state index is 13.4. The Labute approximate surface area is 119 Å². The average Bonchev–Trinajstić information content (AvgIpc) is 2.33. The molecule has 0 heterocycles. The summed E-state index contributed by atoms with van der Waals surface area (Å²) in [6.45, 7) is 7.07. The Bertz CT molecular complexity index is 474. The van der Waals surface area contributed by atoms with Crippen LogP contribution in [0.5, 0.6) is 5.75 Å². The van der Waals surface area contributed by atoms with Gasteiger partial charge in [-0.15, -0.1) is 0 Å². The number of halogens is 1. The summed E-state index contributed by atoms with van der Waals surface area (Å²) in [7, 11) is 0. The Morgan fingerprint density at radius 3 is 2.70 bits per heavy atom. The maximum atomic E-state index is 13.4. The number of rotatable bonds is 6. The van der Waals surface area contributed by atoms with E-state index in [1.165, 1.54) is 6.07 Å². The first-order valence-electron chi connectivity index (χ1n) is 6.65. The molecule has 4 nitrogen and oxygen atoms in total. The van der Waals surface area contributed by atoms with Gasteiger partial charge in [-0.25, -0.2) is 4.39 Å². The van der Waals surface area contributed by atoms with Crippen LogP contribution >= 0.6 is 0 Å². The number of esters is 1. The van der Waals surface area contributed by atoms with Crippen molar-refractivity contribution >= 4 is 5.97 Å². The first-order chi connectivity index (χ1) is 9.26. The normalized spacial score (nSPS) is 15.3. The SMILES string of the molecule is CCOC(=O)C(C)(N)CC(C)Oc1ccc(C)c(F)c1. The number of benzene rings is 1. The predicted octanol–water partition coefficient (Wildman–Crippen LogP) is 2.57. The van der Waals surface area contributed by atoms with Crippen molar-refractivity contribution in [3.05, 3.63) is 29.6 Å². The molecule has 1 aromatic carbocycles. The van der Waals surface area contributed by atoms with E-state index in [2.05, 4.69) is 0 Å². The maximum Gasteiger partial charge on any atom is 0.325 e. The molecule has 0 saturated carbocycles. The van der Waals surface area contributed by atoms with E-state index in [0.29, 0.717) is 11.3 Å². The van der Waals surface area contributed by atoms with Gasteiger partial charge in [0, 0.05) is 12.5 Å². The van der Waals surface area contributed by atoms with E-state index in [4.69, 9.17) is 15.2 Å². The zero-order valence-corrected chi connectivity index (χ0v) is 12.4. The van der Waals surface area contributed by atoms with Crippen molar-refractivity contribution in [2.24, 2.45) is 5.73 Å². The lowest BCUT2D eigenvalue weighted by Gasteiger charge is -2.26.